The number of hydrogen-bond acceptors (Lipinski definition) is 4. The molecule has 3 aromatic rings. The molecule has 0 aliphatic heterocycles. The molecule has 28 heavy (non-hydrogen) atoms. The van der Waals surface area contributed by atoms with E-state index >= 15 is 0 Å². The van der Waals surface area contributed by atoms with Crippen molar-refractivity contribution in [1.82, 2.24) is 0 Å². The average Bonchev–Trinajstić information content (AvgIpc) is 2.65. The number of hydrogen-bond donors (Lipinski definition) is 2. The van der Waals surface area contributed by atoms with Gasteiger partial charge in [0, 0.05) is 17.2 Å². The zero-order valence-corrected chi connectivity index (χ0v) is 16.9. The van der Waals surface area contributed by atoms with Gasteiger partial charge in [-0.3, -0.25) is 9.59 Å². The van der Waals surface area contributed by atoms with Gasteiger partial charge in [-0.2, -0.15) is 0 Å². The highest BCUT2D eigenvalue weighted by Gasteiger charge is 2.24. The lowest BCUT2D eigenvalue weighted by Gasteiger charge is -2.11. The molecule has 2 N–H and O–H groups in total. The van der Waals surface area contributed by atoms with Gasteiger partial charge in [-0.1, -0.05) is 58.5 Å². The van der Waals surface area contributed by atoms with E-state index in [0.717, 1.165) is 12.1 Å². The Morgan fingerprint density at radius 2 is 1.00 bits per heavy atom. The van der Waals surface area contributed by atoms with Gasteiger partial charge >= 0.3 is 0 Å². The van der Waals surface area contributed by atoms with E-state index in [1.54, 1.807) is 0 Å². The van der Waals surface area contributed by atoms with Crippen LogP contribution in [0.15, 0.2) is 48.5 Å². The number of halogens is 4. The summed E-state index contributed by atoms with van der Waals surface area (Å²) in [6.07, 6.45) is 0. The molecule has 0 amide bonds. The Labute approximate surface area is 179 Å². The van der Waals surface area contributed by atoms with Gasteiger partial charge in [-0.05, 0) is 30.3 Å². The SMILES string of the molecule is O=C(c1cc(C(=O)c2cccc(Cl)c2Cl)c(O)cc1O)c1cccc(Cl)c1Cl. The van der Waals surface area contributed by atoms with Crippen molar-refractivity contribution in [2.45, 2.75) is 0 Å². The minimum absolute atomic E-state index is 0.00686. The first-order valence-corrected chi connectivity index (χ1v) is 9.27. The van der Waals surface area contributed by atoms with Crippen molar-refractivity contribution in [2.75, 3.05) is 0 Å². The highest BCUT2D eigenvalue weighted by Crippen LogP contribution is 2.35. The maximum Gasteiger partial charge on any atom is 0.198 e. The molecule has 0 aliphatic carbocycles. The first-order valence-electron chi connectivity index (χ1n) is 7.75. The number of rotatable bonds is 4. The fourth-order valence-electron chi connectivity index (χ4n) is 2.59. The van der Waals surface area contributed by atoms with Crippen LogP contribution in [0.4, 0.5) is 0 Å². The molecule has 0 saturated heterocycles. The summed E-state index contributed by atoms with van der Waals surface area (Å²) in [6, 6.07) is 10.9. The number of benzene rings is 3. The van der Waals surface area contributed by atoms with Gasteiger partial charge < -0.3 is 10.2 Å². The predicted octanol–water partition coefficient (Wildman–Crippen LogP) is 6.17. The van der Waals surface area contributed by atoms with Gasteiger partial charge in [0.15, 0.2) is 11.6 Å². The van der Waals surface area contributed by atoms with Crippen molar-refractivity contribution in [1.29, 1.82) is 0 Å². The lowest BCUT2D eigenvalue weighted by atomic mass is 9.95. The Balaban J connectivity index is 2.13. The molecule has 0 bridgehead atoms. The molecule has 8 heteroatoms. The van der Waals surface area contributed by atoms with E-state index in [1.807, 2.05) is 0 Å². The summed E-state index contributed by atoms with van der Waals surface area (Å²) < 4.78 is 0. The van der Waals surface area contributed by atoms with E-state index in [0.29, 0.717) is 0 Å². The van der Waals surface area contributed by atoms with Crippen LogP contribution >= 0.6 is 46.4 Å². The molecular weight excluding hydrogens is 446 g/mol. The minimum atomic E-state index is -0.670. The molecule has 0 atom stereocenters. The van der Waals surface area contributed by atoms with E-state index < -0.39 is 23.1 Å². The third-order valence-electron chi connectivity index (χ3n) is 4.00. The van der Waals surface area contributed by atoms with Crippen molar-refractivity contribution in [3.63, 3.8) is 0 Å². The standard InChI is InChI=1S/C20H10Cl4O4/c21-13-5-1-3-9(17(13)23)19(27)11-7-12(16(26)8-15(11)25)20(28)10-4-2-6-14(22)18(10)24/h1-8,25-26H. The Kier molecular flexibility index (Phi) is 5.87. The van der Waals surface area contributed by atoms with Crippen molar-refractivity contribution in [3.05, 3.63) is 90.9 Å². The third kappa shape index (κ3) is 3.69. The van der Waals surface area contributed by atoms with E-state index in [9.17, 15) is 19.8 Å². The topological polar surface area (TPSA) is 74.6 Å². The van der Waals surface area contributed by atoms with Gasteiger partial charge in [-0.25, -0.2) is 0 Å². The normalized spacial score (nSPS) is 10.7. The second kappa shape index (κ2) is 8.02. The fourth-order valence-corrected chi connectivity index (χ4v) is 3.36. The summed E-state index contributed by atoms with van der Waals surface area (Å²) in [7, 11) is 0. The third-order valence-corrected chi connectivity index (χ3v) is 5.63. The minimum Gasteiger partial charge on any atom is -0.507 e. The zero-order chi connectivity index (χ0) is 20.6. The van der Waals surface area contributed by atoms with Gasteiger partial charge in [0.05, 0.1) is 31.2 Å². The molecule has 3 rings (SSSR count). The van der Waals surface area contributed by atoms with Crippen LogP contribution < -0.4 is 0 Å². The molecule has 4 nitrogen and oxygen atoms in total. The van der Waals surface area contributed by atoms with E-state index in [1.165, 1.54) is 36.4 Å². The summed E-state index contributed by atoms with van der Waals surface area (Å²) in [5, 5.41) is 20.6. The summed E-state index contributed by atoms with van der Waals surface area (Å²) >= 11 is 24.0. The smallest absolute Gasteiger partial charge is 0.198 e. The van der Waals surface area contributed by atoms with Crippen molar-refractivity contribution in [2.24, 2.45) is 0 Å². The van der Waals surface area contributed by atoms with Gasteiger partial charge in [0.25, 0.3) is 0 Å². The van der Waals surface area contributed by atoms with Crippen LogP contribution in [0.3, 0.4) is 0 Å². The Morgan fingerprint density at radius 1 is 0.607 bits per heavy atom. The van der Waals surface area contributed by atoms with Crippen molar-refractivity contribution >= 4 is 58.0 Å². The van der Waals surface area contributed by atoms with Crippen LogP contribution in [0.5, 0.6) is 11.5 Å². The molecule has 0 radical (unpaired) electrons. The van der Waals surface area contributed by atoms with Crippen LogP contribution in [-0.2, 0) is 0 Å². The number of carbonyl (C=O) groups is 2. The number of carbonyl (C=O) groups excluding carboxylic acids is 2. The van der Waals surface area contributed by atoms with Crippen LogP contribution in [0.2, 0.25) is 20.1 Å². The lowest BCUT2D eigenvalue weighted by molar-refractivity contribution is 0.103. The Hall–Kier alpha value is -2.24. The highest BCUT2D eigenvalue weighted by atomic mass is 35.5. The van der Waals surface area contributed by atoms with Crippen molar-refractivity contribution in [3.8, 4) is 11.5 Å². The maximum absolute atomic E-state index is 12.8. The number of phenols is 2. The highest BCUT2D eigenvalue weighted by molar-refractivity contribution is 6.45. The van der Waals surface area contributed by atoms with Crippen LogP contribution in [0, 0.1) is 0 Å². The predicted molar refractivity (Wildman–Crippen MR) is 110 cm³/mol. The molecule has 3 aromatic carbocycles. The van der Waals surface area contributed by atoms with Crippen LogP contribution in [-0.4, -0.2) is 21.8 Å². The Bertz CT molecular complexity index is 1040. The van der Waals surface area contributed by atoms with Crippen molar-refractivity contribution < 1.29 is 19.8 Å². The molecule has 142 valence electrons. The van der Waals surface area contributed by atoms with Crippen LogP contribution in [0.1, 0.15) is 31.8 Å². The van der Waals surface area contributed by atoms with Gasteiger partial charge in [-0.15, -0.1) is 0 Å². The zero-order valence-electron chi connectivity index (χ0n) is 13.8. The largest absolute Gasteiger partial charge is 0.507 e. The maximum atomic E-state index is 12.8. The molecule has 0 fully saturated rings. The first kappa shape index (κ1) is 20.5. The second-order valence-electron chi connectivity index (χ2n) is 5.75. The number of phenolic OH excluding ortho intramolecular Hbond substituents is 2. The van der Waals surface area contributed by atoms with E-state index in [4.69, 9.17) is 46.4 Å². The second-order valence-corrected chi connectivity index (χ2v) is 7.32. The lowest BCUT2D eigenvalue weighted by Crippen LogP contribution is -2.08. The molecule has 0 aliphatic rings. The molecule has 0 spiro atoms. The van der Waals surface area contributed by atoms with Gasteiger partial charge in [0.2, 0.25) is 0 Å². The average molecular weight is 456 g/mol. The van der Waals surface area contributed by atoms with Crippen LogP contribution in [0.25, 0.3) is 0 Å². The fraction of sp³-hybridized carbons (Fsp3) is 0. The molecule has 0 saturated carbocycles. The van der Waals surface area contributed by atoms with E-state index in [-0.39, 0.29) is 42.3 Å². The monoisotopic (exact) mass is 454 g/mol. The molecular formula is C20H10Cl4O4. The quantitative estimate of drug-likeness (QED) is 0.461. The van der Waals surface area contributed by atoms with Gasteiger partial charge in [0.1, 0.15) is 11.5 Å². The molecule has 0 unspecified atom stereocenters. The first-order chi connectivity index (χ1) is 13.2. The Morgan fingerprint density at radius 3 is 1.39 bits per heavy atom. The summed E-state index contributed by atoms with van der Waals surface area (Å²) in [6.45, 7) is 0. The summed E-state index contributed by atoms with van der Waals surface area (Å²) in [4.78, 5) is 25.7. The number of aromatic hydroxyl groups is 2. The summed E-state index contributed by atoms with van der Waals surface area (Å²) in [5.41, 5.74) is -0.393. The summed E-state index contributed by atoms with van der Waals surface area (Å²) in [5.74, 6) is -2.38. The molecule has 0 aromatic heterocycles. The van der Waals surface area contributed by atoms with E-state index in [2.05, 4.69) is 0 Å². The number of ketones is 2. The molecule has 0 heterocycles.